The molecule has 0 heterocycles. The molecule has 0 aromatic heterocycles. The average molecular weight is 263 g/mol. The van der Waals surface area contributed by atoms with E-state index in [-0.39, 0.29) is 11.6 Å². The van der Waals surface area contributed by atoms with Crippen LogP contribution in [0, 0.1) is 10.1 Å². The van der Waals surface area contributed by atoms with E-state index in [1.54, 1.807) is 12.1 Å². The number of unbranched alkanes of at least 4 members (excludes halogenated alkanes) is 2. The van der Waals surface area contributed by atoms with Crippen molar-refractivity contribution in [1.82, 2.24) is 5.43 Å². The summed E-state index contributed by atoms with van der Waals surface area (Å²) < 4.78 is 0. The van der Waals surface area contributed by atoms with Crippen LogP contribution >= 0.6 is 0 Å². The van der Waals surface area contributed by atoms with Gasteiger partial charge in [-0.2, -0.15) is 5.10 Å². The van der Waals surface area contributed by atoms with Gasteiger partial charge in [-0.05, 0) is 6.42 Å². The van der Waals surface area contributed by atoms with Gasteiger partial charge in [0.05, 0.1) is 11.1 Å². The molecule has 6 heteroatoms. The van der Waals surface area contributed by atoms with Crippen LogP contribution < -0.4 is 5.43 Å². The molecule has 19 heavy (non-hydrogen) atoms. The Morgan fingerprint density at radius 2 is 2.26 bits per heavy atom. The van der Waals surface area contributed by atoms with Gasteiger partial charge in [0.25, 0.3) is 5.69 Å². The topological polar surface area (TPSA) is 84.6 Å². The summed E-state index contributed by atoms with van der Waals surface area (Å²) in [5.74, 6) is -0.143. The molecule has 0 spiro atoms. The highest BCUT2D eigenvalue weighted by atomic mass is 16.6. The van der Waals surface area contributed by atoms with E-state index in [1.807, 2.05) is 0 Å². The van der Waals surface area contributed by atoms with Gasteiger partial charge in [0.2, 0.25) is 5.91 Å². The summed E-state index contributed by atoms with van der Waals surface area (Å²) in [6.45, 7) is 2.07. The number of amides is 1. The Morgan fingerprint density at radius 1 is 1.47 bits per heavy atom. The predicted molar refractivity (Wildman–Crippen MR) is 73.0 cm³/mol. The molecule has 0 saturated carbocycles. The molecule has 1 N–H and O–H groups in total. The molecule has 0 aliphatic heterocycles. The van der Waals surface area contributed by atoms with Gasteiger partial charge in [0, 0.05) is 24.1 Å². The minimum atomic E-state index is -0.472. The van der Waals surface area contributed by atoms with Crippen molar-refractivity contribution in [3.63, 3.8) is 0 Å². The van der Waals surface area contributed by atoms with Crippen LogP contribution in [0.15, 0.2) is 29.4 Å². The lowest BCUT2D eigenvalue weighted by atomic mass is 10.2. The van der Waals surface area contributed by atoms with Crippen LogP contribution in [0.25, 0.3) is 0 Å². The van der Waals surface area contributed by atoms with Gasteiger partial charge < -0.3 is 0 Å². The van der Waals surface area contributed by atoms with Crippen molar-refractivity contribution in [2.24, 2.45) is 5.10 Å². The van der Waals surface area contributed by atoms with Gasteiger partial charge in [0.1, 0.15) is 0 Å². The minimum Gasteiger partial charge on any atom is -0.273 e. The van der Waals surface area contributed by atoms with Crippen LogP contribution in [0.5, 0.6) is 0 Å². The summed E-state index contributed by atoms with van der Waals surface area (Å²) in [6.07, 6.45) is 4.76. The minimum absolute atomic E-state index is 0.00165. The normalized spacial score (nSPS) is 10.6. The average Bonchev–Trinajstić information content (AvgIpc) is 2.39. The lowest BCUT2D eigenvalue weighted by Gasteiger charge is -1.98. The van der Waals surface area contributed by atoms with E-state index in [1.165, 1.54) is 18.3 Å². The fraction of sp³-hybridized carbons (Fsp3) is 0.385. The van der Waals surface area contributed by atoms with Crippen molar-refractivity contribution in [2.75, 3.05) is 0 Å². The molecular formula is C13H17N3O3. The highest BCUT2D eigenvalue weighted by Crippen LogP contribution is 2.11. The zero-order chi connectivity index (χ0) is 14.1. The molecule has 0 atom stereocenters. The zero-order valence-corrected chi connectivity index (χ0v) is 10.8. The van der Waals surface area contributed by atoms with Gasteiger partial charge in [-0.1, -0.05) is 31.9 Å². The van der Waals surface area contributed by atoms with Gasteiger partial charge >= 0.3 is 0 Å². The molecule has 6 nitrogen and oxygen atoms in total. The van der Waals surface area contributed by atoms with Crippen LogP contribution in [0.1, 0.15) is 38.2 Å². The lowest BCUT2D eigenvalue weighted by Crippen LogP contribution is -2.16. The van der Waals surface area contributed by atoms with E-state index in [9.17, 15) is 14.9 Å². The number of carbonyl (C=O) groups excluding carboxylic acids is 1. The Hall–Kier alpha value is -2.24. The Labute approximate surface area is 111 Å². The third kappa shape index (κ3) is 5.76. The van der Waals surface area contributed by atoms with Crippen LogP contribution in [0.4, 0.5) is 5.69 Å². The first-order valence-corrected chi connectivity index (χ1v) is 6.20. The number of nitrogens with one attached hydrogen (secondary N) is 1. The van der Waals surface area contributed by atoms with Crippen molar-refractivity contribution in [1.29, 1.82) is 0 Å². The van der Waals surface area contributed by atoms with Crippen LogP contribution in [-0.2, 0) is 4.79 Å². The van der Waals surface area contributed by atoms with Crippen LogP contribution in [-0.4, -0.2) is 17.0 Å². The SMILES string of the molecule is CCCCCC(=O)N/N=C\c1cccc([N+](=O)[O-])c1. The van der Waals surface area contributed by atoms with Crippen molar-refractivity contribution < 1.29 is 9.72 Å². The fourth-order valence-electron chi connectivity index (χ4n) is 1.49. The van der Waals surface area contributed by atoms with Crippen molar-refractivity contribution in [2.45, 2.75) is 32.6 Å². The number of nitro groups is 1. The largest absolute Gasteiger partial charge is 0.273 e. The number of hydrazone groups is 1. The summed E-state index contributed by atoms with van der Waals surface area (Å²) >= 11 is 0. The molecule has 0 fully saturated rings. The smallest absolute Gasteiger partial charge is 0.270 e. The number of carbonyl (C=O) groups is 1. The number of hydrogen-bond acceptors (Lipinski definition) is 4. The molecule has 0 saturated heterocycles. The van der Waals surface area contributed by atoms with E-state index < -0.39 is 4.92 Å². The monoisotopic (exact) mass is 263 g/mol. The first-order chi connectivity index (χ1) is 9.13. The van der Waals surface area contributed by atoms with Crippen LogP contribution in [0.2, 0.25) is 0 Å². The first-order valence-electron chi connectivity index (χ1n) is 6.20. The summed E-state index contributed by atoms with van der Waals surface area (Å²) in [5.41, 5.74) is 2.97. The molecule has 1 rings (SSSR count). The number of benzene rings is 1. The van der Waals surface area contributed by atoms with Crippen molar-refractivity contribution in [3.8, 4) is 0 Å². The number of hydrogen-bond donors (Lipinski definition) is 1. The van der Waals surface area contributed by atoms with E-state index in [2.05, 4.69) is 17.5 Å². The standard InChI is InChI=1S/C13H17N3O3/c1-2-3-4-8-13(17)15-14-10-11-6-5-7-12(9-11)16(18)19/h5-7,9-10H,2-4,8H2,1H3,(H,15,17)/b14-10-. The number of non-ortho nitro benzene ring substituents is 1. The number of nitro benzene ring substituents is 1. The fourth-order valence-corrected chi connectivity index (χ4v) is 1.49. The Morgan fingerprint density at radius 3 is 2.95 bits per heavy atom. The number of nitrogens with zero attached hydrogens (tertiary/aromatic N) is 2. The van der Waals surface area contributed by atoms with Gasteiger partial charge in [-0.15, -0.1) is 0 Å². The molecule has 0 radical (unpaired) electrons. The third-order valence-electron chi connectivity index (χ3n) is 2.49. The Bertz CT molecular complexity index is 472. The second-order valence-electron chi connectivity index (χ2n) is 4.10. The molecule has 1 aromatic rings. The second kappa shape index (κ2) is 7.97. The molecular weight excluding hydrogens is 246 g/mol. The van der Waals surface area contributed by atoms with Crippen molar-refractivity contribution >= 4 is 17.8 Å². The highest BCUT2D eigenvalue weighted by molar-refractivity contribution is 5.83. The quantitative estimate of drug-likeness (QED) is 0.355. The zero-order valence-electron chi connectivity index (χ0n) is 10.8. The summed E-state index contributed by atoms with van der Waals surface area (Å²) in [6, 6.07) is 6.05. The molecule has 1 aromatic carbocycles. The lowest BCUT2D eigenvalue weighted by molar-refractivity contribution is -0.384. The molecule has 0 aliphatic rings. The van der Waals surface area contributed by atoms with Crippen LogP contribution in [0.3, 0.4) is 0 Å². The van der Waals surface area contributed by atoms with E-state index in [0.29, 0.717) is 12.0 Å². The van der Waals surface area contributed by atoms with Crippen molar-refractivity contribution in [3.05, 3.63) is 39.9 Å². The maximum atomic E-state index is 11.4. The Kier molecular flexibility index (Phi) is 6.21. The van der Waals surface area contributed by atoms with E-state index in [4.69, 9.17) is 0 Å². The molecule has 102 valence electrons. The molecule has 0 bridgehead atoms. The molecule has 0 aliphatic carbocycles. The second-order valence-corrected chi connectivity index (χ2v) is 4.10. The summed E-state index contributed by atoms with van der Waals surface area (Å²) in [7, 11) is 0. The predicted octanol–water partition coefficient (Wildman–Crippen LogP) is 2.63. The van der Waals surface area contributed by atoms with Gasteiger partial charge in [-0.3, -0.25) is 14.9 Å². The summed E-state index contributed by atoms with van der Waals surface area (Å²) in [4.78, 5) is 21.5. The first kappa shape index (κ1) is 14.8. The maximum Gasteiger partial charge on any atom is 0.270 e. The highest BCUT2D eigenvalue weighted by Gasteiger charge is 2.04. The van der Waals surface area contributed by atoms with E-state index >= 15 is 0 Å². The maximum absolute atomic E-state index is 11.4. The molecule has 0 unspecified atom stereocenters. The Balaban J connectivity index is 2.46. The van der Waals surface area contributed by atoms with E-state index in [0.717, 1.165) is 19.3 Å². The van der Waals surface area contributed by atoms with Gasteiger partial charge in [0.15, 0.2) is 0 Å². The molecule has 1 amide bonds. The third-order valence-corrected chi connectivity index (χ3v) is 2.49. The number of rotatable bonds is 7. The summed E-state index contributed by atoms with van der Waals surface area (Å²) in [5, 5.41) is 14.3. The van der Waals surface area contributed by atoms with Gasteiger partial charge in [-0.25, -0.2) is 5.43 Å².